The number of fused-ring (bicyclic) bond motifs is 1. The maximum atomic E-state index is 13.4. The Morgan fingerprint density at radius 2 is 1.96 bits per heavy atom. The van der Waals surface area contributed by atoms with Crippen LogP contribution in [0, 0.1) is 5.82 Å². The van der Waals surface area contributed by atoms with E-state index in [9.17, 15) is 4.39 Å². The van der Waals surface area contributed by atoms with Crippen molar-refractivity contribution in [3.8, 4) is 11.1 Å². The summed E-state index contributed by atoms with van der Waals surface area (Å²) >= 11 is 0. The lowest BCUT2D eigenvalue weighted by Crippen LogP contribution is -2.08. The molecule has 4 rings (SSSR count). The predicted molar refractivity (Wildman–Crippen MR) is 95.6 cm³/mol. The van der Waals surface area contributed by atoms with Gasteiger partial charge in [0, 0.05) is 11.8 Å². The smallest absolute Gasteiger partial charge is 0.145 e. The Hall–Kier alpha value is -3.28. The number of H-pyrrole nitrogens is 1. The van der Waals surface area contributed by atoms with Crippen LogP contribution in [0.4, 0.5) is 10.2 Å². The summed E-state index contributed by atoms with van der Waals surface area (Å²) in [7, 11) is 0. The molecule has 0 aliphatic rings. The lowest BCUT2D eigenvalue weighted by atomic mass is 10.1. The van der Waals surface area contributed by atoms with Crippen molar-refractivity contribution in [2.75, 3.05) is 5.32 Å². The lowest BCUT2D eigenvalue weighted by molar-refractivity contribution is 0.623. The molecular weight excluding hydrogens is 317 g/mol. The first-order valence-corrected chi connectivity index (χ1v) is 7.97. The molecule has 0 amide bonds. The summed E-state index contributed by atoms with van der Waals surface area (Å²) in [5.41, 5.74) is 4.50. The third-order valence-electron chi connectivity index (χ3n) is 4.09. The zero-order valence-electron chi connectivity index (χ0n) is 13.6. The number of aromatic amines is 1. The number of halogens is 1. The molecule has 25 heavy (non-hydrogen) atoms. The molecule has 2 heterocycles. The summed E-state index contributed by atoms with van der Waals surface area (Å²) in [5, 5.41) is 10.0. The number of benzene rings is 2. The molecule has 5 nitrogen and oxygen atoms in total. The second-order valence-corrected chi connectivity index (χ2v) is 5.87. The van der Waals surface area contributed by atoms with E-state index in [2.05, 4.69) is 25.5 Å². The minimum Gasteiger partial charge on any atom is -0.362 e. The van der Waals surface area contributed by atoms with Crippen LogP contribution >= 0.6 is 0 Å². The standard InChI is InChI=1S/C19H16FN5/c1-12(13-3-2-4-16(20)7-13)24-19-11-21-18-8-14(5-6-17(18)25-19)15-9-22-23-10-15/h2-12H,1H3,(H,22,23)(H,24,25)/t12-/m0/s1. The van der Waals surface area contributed by atoms with Gasteiger partial charge in [-0.15, -0.1) is 0 Å². The first-order valence-electron chi connectivity index (χ1n) is 7.97. The maximum absolute atomic E-state index is 13.4. The number of rotatable bonds is 4. The fourth-order valence-corrected chi connectivity index (χ4v) is 2.75. The molecule has 0 unspecified atom stereocenters. The van der Waals surface area contributed by atoms with Crippen molar-refractivity contribution in [2.24, 2.45) is 0 Å². The van der Waals surface area contributed by atoms with Crippen molar-refractivity contribution in [2.45, 2.75) is 13.0 Å². The Balaban J connectivity index is 1.60. The Morgan fingerprint density at radius 3 is 2.76 bits per heavy atom. The summed E-state index contributed by atoms with van der Waals surface area (Å²) in [6, 6.07) is 12.4. The monoisotopic (exact) mass is 333 g/mol. The van der Waals surface area contributed by atoms with E-state index in [4.69, 9.17) is 0 Å². The molecule has 4 aromatic rings. The van der Waals surface area contributed by atoms with Gasteiger partial charge >= 0.3 is 0 Å². The van der Waals surface area contributed by atoms with E-state index in [1.165, 1.54) is 12.1 Å². The highest BCUT2D eigenvalue weighted by Crippen LogP contribution is 2.24. The highest BCUT2D eigenvalue weighted by molar-refractivity contribution is 5.81. The number of nitrogens with one attached hydrogen (secondary N) is 2. The topological polar surface area (TPSA) is 66.5 Å². The summed E-state index contributed by atoms with van der Waals surface area (Å²) in [4.78, 5) is 9.08. The van der Waals surface area contributed by atoms with Crippen molar-refractivity contribution in [3.63, 3.8) is 0 Å². The predicted octanol–water partition coefficient (Wildman–Crippen LogP) is 4.33. The highest BCUT2D eigenvalue weighted by atomic mass is 19.1. The van der Waals surface area contributed by atoms with Crippen molar-refractivity contribution in [1.82, 2.24) is 20.2 Å². The summed E-state index contributed by atoms with van der Waals surface area (Å²) in [6.07, 6.45) is 5.30. The minimum absolute atomic E-state index is 0.0762. The van der Waals surface area contributed by atoms with E-state index in [1.54, 1.807) is 18.5 Å². The molecule has 0 radical (unpaired) electrons. The fraction of sp³-hybridized carbons (Fsp3) is 0.105. The normalized spacial score (nSPS) is 12.2. The Labute approximate surface area is 144 Å². The van der Waals surface area contributed by atoms with Gasteiger partial charge < -0.3 is 5.32 Å². The van der Waals surface area contributed by atoms with E-state index >= 15 is 0 Å². The molecule has 0 saturated carbocycles. The van der Waals surface area contributed by atoms with Gasteiger partial charge in [-0.05, 0) is 42.3 Å². The summed E-state index contributed by atoms with van der Waals surface area (Å²) in [5.74, 6) is 0.405. The number of aromatic nitrogens is 4. The number of hydrogen-bond donors (Lipinski definition) is 2. The van der Waals surface area contributed by atoms with Gasteiger partial charge in [-0.1, -0.05) is 18.2 Å². The zero-order chi connectivity index (χ0) is 17.2. The van der Waals surface area contributed by atoms with Gasteiger partial charge in [-0.25, -0.2) is 9.37 Å². The van der Waals surface area contributed by atoms with Crippen molar-refractivity contribution < 1.29 is 4.39 Å². The molecule has 0 fully saturated rings. The number of hydrogen-bond acceptors (Lipinski definition) is 4. The molecular formula is C19H16FN5. The van der Waals surface area contributed by atoms with E-state index in [0.29, 0.717) is 5.82 Å². The van der Waals surface area contributed by atoms with E-state index in [1.807, 2.05) is 37.4 Å². The van der Waals surface area contributed by atoms with E-state index < -0.39 is 0 Å². The van der Waals surface area contributed by atoms with Crippen LogP contribution in [0.2, 0.25) is 0 Å². The molecule has 0 aliphatic carbocycles. The zero-order valence-corrected chi connectivity index (χ0v) is 13.6. The molecule has 6 heteroatoms. The summed E-state index contributed by atoms with van der Waals surface area (Å²) in [6.45, 7) is 1.96. The van der Waals surface area contributed by atoms with Gasteiger partial charge in [0.25, 0.3) is 0 Å². The van der Waals surface area contributed by atoms with E-state index in [-0.39, 0.29) is 11.9 Å². The quantitative estimate of drug-likeness (QED) is 0.583. The van der Waals surface area contributed by atoms with Crippen molar-refractivity contribution in [1.29, 1.82) is 0 Å². The summed E-state index contributed by atoms with van der Waals surface area (Å²) < 4.78 is 13.4. The van der Waals surface area contributed by atoms with Crippen LogP contribution in [0.25, 0.3) is 22.2 Å². The third kappa shape index (κ3) is 3.19. The molecule has 1 atom stereocenters. The van der Waals surface area contributed by atoms with Gasteiger partial charge in [-0.2, -0.15) is 5.10 Å². The van der Waals surface area contributed by atoms with Gasteiger partial charge in [0.1, 0.15) is 11.6 Å². The van der Waals surface area contributed by atoms with Crippen LogP contribution < -0.4 is 5.32 Å². The Bertz CT molecular complexity index is 1010. The highest BCUT2D eigenvalue weighted by Gasteiger charge is 2.09. The van der Waals surface area contributed by atoms with Gasteiger partial charge in [0.2, 0.25) is 0 Å². The second-order valence-electron chi connectivity index (χ2n) is 5.87. The minimum atomic E-state index is -0.248. The van der Waals surface area contributed by atoms with Crippen LogP contribution in [-0.4, -0.2) is 20.2 Å². The molecule has 2 aromatic heterocycles. The first-order chi connectivity index (χ1) is 12.2. The molecule has 0 spiro atoms. The molecule has 0 bridgehead atoms. The van der Waals surface area contributed by atoms with Crippen LogP contribution in [-0.2, 0) is 0 Å². The lowest BCUT2D eigenvalue weighted by Gasteiger charge is -2.15. The van der Waals surface area contributed by atoms with Crippen LogP contribution in [0.5, 0.6) is 0 Å². The molecule has 0 saturated heterocycles. The average molecular weight is 333 g/mol. The Kier molecular flexibility index (Phi) is 3.85. The number of anilines is 1. The molecule has 2 aromatic carbocycles. The van der Waals surface area contributed by atoms with Crippen LogP contribution in [0.1, 0.15) is 18.5 Å². The number of nitrogens with zero attached hydrogens (tertiary/aromatic N) is 3. The largest absolute Gasteiger partial charge is 0.362 e. The molecule has 0 aliphatic heterocycles. The fourth-order valence-electron chi connectivity index (χ4n) is 2.75. The third-order valence-corrected chi connectivity index (χ3v) is 4.09. The van der Waals surface area contributed by atoms with Crippen LogP contribution in [0.15, 0.2) is 61.1 Å². The molecule has 2 N–H and O–H groups in total. The maximum Gasteiger partial charge on any atom is 0.145 e. The van der Waals surface area contributed by atoms with E-state index in [0.717, 1.165) is 27.7 Å². The van der Waals surface area contributed by atoms with Gasteiger partial charge in [0.15, 0.2) is 0 Å². The van der Waals surface area contributed by atoms with Crippen LogP contribution in [0.3, 0.4) is 0 Å². The SMILES string of the molecule is C[C@H](Nc1cnc2cc(-c3cn[nH]c3)ccc2n1)c1cccc(F)c1. The first kappa shape index (κ1) is 15.3. The van der Waals surface area contributed by atoms with Crippen molar-refractivity contribution >= 4 is 16.9 Å². The Morgan fingerprint density at radius 1 is 1.04 bits per heavy atom. The second kappa shape index (κ2) is 6.32. The van der Waals surface area contributed by atoms with Gasteiger partial charge in [-0.3, -0.25) is 10.1 Å². The molecule has 124 valence electrons. The average Bonchev–Trinajstić information content (AvgIpc) is 3.16. The van der Waals surface area contributed by atoms with Gasteiger partial charge in [0.05, 0.1) is 29.5 Å². The van der Waals surface area contributed by atoms with Crippen molar-refractivity contribution in [3.05, 3.63) is 72.4 Å².